The van der Waals surface area contributed by atoms with Crippen LogP contribution in [0.4, 0.5) is 5.69 Å². The number of nitrogens with zero attached hydrogens (tertiary/aromatic N) is 1. The summed E-state index contributed by atoms with van der Waals surface area (Å²) < 4.78 is 10.8. The van der Waals surface area contributed by atoms with Gasteiger partial charge < -0.3 is 14.8 Å². The fourth-order valence-electron chi connectivity index (χ4n) is 2.15. The molecule has 0 saturated carbocycles. The van der Waals surface area contributed by atoms with E-state index < -0.39 is 5.91 Å². The molecule has 0 bridgehead atoms. The molecule has 7 heteroatoms. The predicted molar refractivity (Wildman–Crippen MR) is 103 cm³/mol. The molecule has 0 fully saturated rings. The van der Waals surface area contributed by atoms with Gasteiger partial charge in [-0.1, -0.05) is 24.3 Å². The average Bonchev–Trinajstić information content (AvgIpc) is 2.66. The lowest BCUT2D eigenvalue weighted by molar-refractivity contribution is 0.0958. The Morgan fingerprint density at radius 2 is 1.88 bits per heavy atom. The molecule has 0 aliphatic rings. The summed E-state index contributed by atoms with van der Waals surface area (Å²) in [6.45, 7) is 3.29. The number of nitrogens with one attached hydrogen (secondary N) is 2. The molecule has 134 valence electrons. The van der Waals surface area contributed by atoms with Crippen LogP contribution in [0, 0.1) is 11.3 Å². The molecule has 6 nitrogen and oxygen atoms in total. The van der Waals surface area contributed by atoms with Gasteiger partial charge in [0.05, 0.1) is 23.4 Å². The van der Waals surface area contributed by atoms with Gasteiger partial charge in [-0.3, -0.25) is 10.1 Å². The van der Waals surface area contributed by atoms with E-state index in [1.54, 1.807) is 48.5 Å². The van der Waals surface area contributed by atoms with Crippen molar-refractivity contribution >= 4 is 28.9 Å². The number of carbonyl (C=O) groups excluding carboxylic acids is 1. The second kappa shape index (κ2) is 10.1. The standard InChI is InChI=1S/C19H19N3O3S/c1-2-24-11-12-25-17-10-6-4-8-15(17)18(23)22-19(26)21-16-9-5-3-7-14(16)13-20/h3-10H,2,11-12H2,1H3,(H2,21,22,23,26). The van der Waals surface area contributed by atoms with E-state index in [1.807, 2.05) is 6.92 Å². The summed E-state index contributed by atoms with van der Waals surface area (Å²) >= 11 is 5.17. The van der Waals surface area contributed by atoms with Crippen molar-refractivity contribution in [1.29, 1.82) is 5.26 Å². The van der Waals surface area contributed by atoms with Gasteiger partial charge in [-0.15, -0.1) is 0 Å². The number of nitriles is 1. The van der Waals surface area contributed by atoms with E-state index in [9.17, 15) is 4.79 Å². The molecule has 0 atom stereocenters. The Labute approximate surface area is 157 Å². The Balaban J connectivity index is 2.01. The maximum atomic E-state index is 12.5. The number of rotatable bonds is 7. The summed E-state index contributed by atoms with van der Waals surface area (Å²) in [6.07, 6.45) is 0. The molecule has 0 aliphatic carbocycles. The molecule has 0 aliphatic heterocycles. The zero-order valence-electron chi connectivity index (χ0n) is 14.3. The normalized spacial score (nSPS) is 9.85. The van der Waals surface area contributed by atoms with E-state index in [-0.39, 0.29) is 5.11 Å². The van der Waals surface area contributed by atoms with Gasteiger partial charge in [-0.25, -0.2) is 0 Å². The summed E-state index contributed by atoms with van der Waals surface area (Å²) in [5.41, 5.74) is 1.33. The number of para-hydroxylation sites is 2. The number of anilines is 1. The molecule has 0 saturated heterocycles. The van der Waals surface area contributed by atoms with Crippen molar-refractivity contribution in [3.8, 4) is 11.8 Å². The van der Waals surface area contributed by atoms with E-state index in [0.29, 0.717) is 42.4 Å². The average molecular weight is 369 g/mol. The first-order chi connectivity index (χ1) is 12.7. The van der Waals surface area contributed by atoms with E-state index in [1.165, 1.54) is 0 Å². The fraction of sp³-hybridized carbons (Fsp3) is 0.211. The lowest BCUT2D eigenvalue weighted by atomic mass is 10.2. The molecule has 2 N–H and O–H groups in total. The van der Waals surface area contributed by atoms with Crippen molar-refractivity contribution in [3.05, 3.63) is 59.7 Å². The molecule has 0 radical (unpaired) electrons. The van der Waals surface area contributed by atoms with Gasteiger partial charge >= 0.3 is 0 Å². The maximum absolute atomic E-state index is 12.5. The lowest BCUT2D eigenvalue weighted by Crippen LogP contribution is -2.34. The van der Waals surface area contributed by atoms with Crippen LogP contribution in [-0.4, -0.2) is 30.8 Å². The van der Waals surface area contributed by atoms with Gasteiger partial charge in [0.2, 0.25) is 0 Å². The Morgan fingerprint density at radius 1 is 1.15 bits per heavy atom. The monoisotopic (exact) mass is 369 g/mol. The van der Waals surface area contributed by atoms with Crippen LogP contribution >= 0.6 is 12.2 Å². The first-order valence-corrected chi connectivity index (χ1v) is 8.47. The summed E-state index contributed by atoms with van der Waals surface area (Å²) in [5.74, 6) is 0.0499. The quantitative estimate of drug-likeness (QED) is 0.576. The first-order valence-electron chi connectivity index (χ1n) is 8.06. The third-order valence-electron chi connectivity index (χ3n) is 3.34. The second-order valence-electron chi connectivity index (χ2n) is 5.11. The molecule has 0 heterocycles. The minimum absolute atomic E-state index is 0.0989. The van der Waals surface area contributed by atoms with E-state index in [0.717, 1.165) is 0 Å². The summed E-state index contributed by atoms with van der Waals surface area (Å²) in [4.78, 5) is 12.5. The fourth-order valence-corrected chi connectivity index (χ4v) is 2.35. The van der Waals surface area contributed by atoms with Gasteiger partial charge in [0, 0.05) is 6.61 Å². The van der Waals surface area contributed by atoms with E-state index >= 15 is 0 Å². The Bertz CT molecular complexity index is 818. The van der Waals surface area contributed by atoms with Crippen LogP contribution in [0.25, 0.3) is 0 Å². The zero-order valence-corrected chi connectivity index (χ0v) is 15.1. The number of ether oxygens (including phenoxy) is 2. The number of hydrogen-bond donors (Lipinski definition) is 2. The molecular formula is C19H19N3O3S. The minimum Gasteiger partial charge on any atom is -0.490 e. The van der Waals surface area contributed by atoms with Crippen molar-refractivity contribution in [2.24, 2.45) is 0 Å². The highest BCUT2D eigenvalue weighted by Crippen LogP contribution is 2.18. The number of amides is 1. The topological polar surface area (TPSA) is 83.4 Å². The number of benzene rings is 2. The van der Waals surface area contributed by atoms with Crippen LogP contribution in [0.5, 0.6) is 5.75 Å². The highest BCUT2D eigenvalue weighted by molar-refractivity contribution is 7.80. The van der Waals surface area contributed by atoms with Gasteiger partial charge in [0.25, 0.3) is 5.91 Å². The summed E-state index contributed by atoms with van der Waals surface area (Å²) in [7, 11) is 0. The predicted octanol–water partition coefficient (Wildman–Crippen LogP) is 3.10. The molecule has 0 spiro atoms. The van der Waals surface area contributed by atoms with Crippen molar-refractivity contribution < 1.29 is 14.3 Å². The van der Waals surface area contributed by atoms with Crippen LogP contribution in [0.1, 0.15) is 22.8 Å². The van der Waals surface area contributed by atoms with Crippen molar-refractivity contribution in [3.63, 3.8) is 0 Å². The van der Waals surface area contributed by atoms with E-state index in [2.05, 4.69) is 16.7 Å². The van der Waals surface area contributed by atoms with Crippen molar-refractivity contribution in [2.45, 2.75) is 6.92 Å². The van der Waals surface area contributed by atoms with Crippen LogP contribution in [0.2, 0.25) is 0 Å². The van der Waals surface area contributed by atoms with Crippen LogP contribution in [-0.2, 0) is 4.74 Å². The lowest BCUT2D eigenvalue weighted by Gasteiger charge is -2.13. The minimum atomic E-state index is -0.399. The number of hydrogen-bond acceptors (Lipinski definition) is 5. The van der Waals surface area contributed by atoms with Gasteiger partial charge in [0.1, 0.15) is 18.4 Å². The SMILES string of the molecule is CCOCCOc1ccccc1C(=O)NC(=S)Nc1ccccc1C#N. The largest absolute Gasteiger partial charge is 0.490 e. The molecule has 0 aromatic heterocycles. The van der Waals surface area contributed by atoms with Gasteiger partial charge in [0.15, 0.2) is 5.11 Å². The molecular weight excluding hydrogens is 350 g/mol. The van der Waals surface area contributed by atoms with Crippen LogP contribution < -0.4 is 15.4 Å². The van der Waals surface area contributed by atoms with Crippen molar-refractivity contribution in [1.82, 2.24) is 5.32 Å². The highest BCUT2D eigenvalue weighted by atomic mass is 32.1. The third kappa shape index (κ3) is 5.55. The molecule has 2 rings (SSSR count). The maximum Gasteiger partial charge on any atom is 0.261 e. The second-order valence-corrected chi connectivity index (χ2v) is 5.52. The van der Waals surface area contributed by atoms with Crippen molar-refractivity contribution in [2.75, 3.05) is 25.1 Å². The Morgan fingerprint density at radius 3 is 2.65 bits per heavy atom. The van der Waals surface area contributed by atoms with Crippen LogP contribution in [0.15, 0.2) is 48.5 Å². The first kappa shape index (κ1) is 19.4. The van der Waals surface area contributed by atoms with E-state index in [4.69, 9.17) is 27.0 Å². The molecule has 1 amide bonds. The Hall–Kier alpha value is -2.95. The number of carbonyl (C=O) groups is 1. The molecule has 2 aromatic rings. The molecule has 2 aromatic carbocycles. The van der Waals surface area contributed by atoms with Gasteiger partial charge in [-0.05, 0) is 43.4 Å². The highest BCUT2D eigenvalue weighted by Gasteiger charge is 2.14. The molecule has 0 unspecified atom stereocenters. The number of thiocarbonyl (C=S) groups is 1. The van der Waals surface area contributed by atoms with Gasteiger partial charge in [-0.2, -0.15) is 5.26 Å². The summed E-state index contributed by atoms with van der Waals surface area (Å²) in [5, 5.41) is 14.7. The Kier molecular flexibility index (Phi) is 7.55. The van der Waals surface area contributed by atoms with Crippen LogP contribution in [0.3, 0.4) is 0 Å². The zero-order chi connectivity index (χ0) is 18.8. The third-order valence-corrected chi connectivity index (χ3v) is 3.55. The smallest absolute Gasteiger partial charge is 0.261 e. The molecule has 26 heavy (non-hydrogen) atoms. The summed E-state index contributed by atoms with van der Waals surface area (Å²) in [6, 6.07) is 15.8.